The Morgan fingerprint density at radius 3 is 2.23 bits per heavy atom. The summed E-state index contributed by atoms with van der Waals surface area (Å²) in [5, 5.41) is 13.8. The topological polar surface area (TPSA) is 103 Å². The normalized spacial score (nSPS) is 13.2. The Kier molecular flexibility index (Phi) is 8.25. The summed E-state index contributed by atoms with van der Waals surface area (Å²) in [4.78, 5) is 22.7. The van der Waals surface area contributed by atoms with Crippen LogP contribution in [0, 0.1) is 0 Å². The maximum atomic E-state index is 14.0. The molecule has 0 bridgehead atoms. The van der Waals surface area contributed by atoms with Crippen LogP contribution in [0.1, 0.15) is 47.2 Å². The second kappa shape index (κ2) is 12.4. The van der Waals surface area contributed by atoms with Gasteiger partial charge in [-0.25, -0.2) is 27.5 Å². The molecule has 5 heterocycles. The molecule has 44 heavy (non-hydrogen) atoms. The van der Waals surface area contributed by atoms with E-state index < -0.39 is 12.9 Å². The van der Waals surface area contributed by atoms with Gasteiger partial charge in [0.05, 0.1) is 23.0 Å². The summed E-state index contributed by atoms with van der Waals surface area (Å²) in [5.74, 6) is 0.000495. The lowest BCUT2D eigenvalue weighted by molar-refractivity contribution is 0.0792. The summed E-state index contributed by atoms with van der Waals surface area (Å²) in [6, 6.07) is 18.7. The molecule has 0 saturated carbocycles. The van der Waals surface area contributed by atoms with Crippen molar-refractivity contribution in [3.8, 4) is 22.5 Å². The molecule has 2 N–H and O–H groups in total. The summed E-state index contributed by atoms with van der Waals surface area (Å²) in [5.41, 5.74) is 3.19. The van der Waals surface area contributed by atoms with E-state index in [-0.39, 0.29) is 33.5 Å². The van der Waals surface area contributed by atoms with Gasteiger partial charge < -0.3 is 4.90 Å². The number of hydrogen-bond acceptors (Lipinski definition) is 5. The van der Waals surface area contributed by atoms with Gasteiger partial charge in [-0.3, -0.25) is 15.0 Å². The van der Waals surface area contributed by atoms with Gasteiger partial charge in [0.15, 0.2) is 11.3 Å². The average molecular weight is 622 g/mol. The van der Waals surface area contributed by atoms with Crippen molar-refractivity contribution in [1.29, 1.82) is 0 Å². The minimum absolute atomic E-state index is 0.000495. The zero-order valence-corrected chi connectivity index (χ0v) is 23.7. The molecule has 224 valence electrons. The molecular formula is C31H24ClF4N7O. The van der Waals surface area contributed by atoms with Gasteiger partial charge in [-0.05, 0) is 37.1 Å². The number of alkyl halides is 4. The van der Waals surface area contributed by atoms with Crippen LogP contribution in [0.2, 0.25) is 5.15 Å². The highest BCUT2D eigenvalue weighted by molar-refractivity contribution is 6.29. The summed E-state index contributed by atoms with van der Waals surface area (Å²) in [6.07, 6.45) is -1.89. The third-order valence-electron chi connectivity index (χ3n) is 7.33. The first kappa shape index (κ1) is 29.2. The molecule has 13 heteroatoms. The van der Waals surface area contributed by atoms with E-state index in [1.807, 2.05) is 35.2 Å². The van der Waals surface area contributed by atoms with Crippen molar-refractivity contribution in [2.24, 2.45) is 0 Å². The third-order valence-corrected chi connectivity index (χ3v) is 7.53. The van der Waals surface area contributed by atoms with E-state index in [4.69, 9.17) is 11.6 Å². The van der Waals surface area contributed by atoms with E-state index in [9.17, 15) is 22.4 Å². The molecule has 0 atom stereocenters. The molecule has 1 fully saturated rings. The van der Waals surface area contributed by atoms with Gasteiger partial charge in [-0.2, -0.15) is 10.2 Å². The number of halogens is 5. The SMILES string of the molecule is FC(F)c1cc(Cl)nc2[nH]ncc12.O=C(c1ccc(-c2cc(C(F)F)c3c(-c4ccccc4)[nH]nc3n2)cc1)N1CCCC1. The molecule has 1 aliphatic rings. The first-order valence-electron chi connectivity index (χ1n) is 13.7. The van der Waals surface area contributed by atoms with Crippen molar-refractivity contribution in [2.45, 2.75) is 25.7 Å². The number of hydrogen-bond donors (Lipinski definition) is 2. The van der Waals surface area contributed by atoms with E-state index in [2.05, 4.69) is 30.4 Å². The van der Waals surface area contributed by atoms with Gasteiger partial charge in [0.1, 0.15) is 5.15 Å². The highest BCUT2D eigenvalue weighted by atomic mass is 35.5. The van der Waals surface area contributed by atoms with Crippen LogP contribution in [0.15, 0.2) is 72.9 Å². The van der Waals surface area contributed by atoms with Crippen molar-refractivity contribution < 1.29 is 22.4 Å². The molecule has 1 saturated heterocycles. The molecule has 0 radical (unpaired) electrons. The van der Waals surface area contributed by atoms with Crippen LogP contribution in [-0.4, -0.2) is 54.3 Å². The maximum Gasteiger partial charge on any atom is 0.264 e. The lowest BCUT2D eigenvalue weighted by Gasteiger charge is -2.15. The molecule has 2 aromatic carbocycles. The number of aromatic nitrogens is 6. The Balaban J connectivity index is 0.000000220. The Bertz CT molecular complexity index is 1920. The van der Waals surface area contributed by atoms with Crippen LogP contribution in [-0.2, 0) is 0 Å². The number of rotatable bonds is 5. The highest BCUT2D eigenvalue weighted by Gasteiger charge is 2.22. The zero-order valence-electron chi connectivity index (χ0n) is 22.9. The van der Waals surface area contributed by atoms with Crippen molar-refractivity contribution in [2.75, 3.05) is 13.1 Å². The van der Waals surface area contributed by atoms with Gasteiger partial charge in [-0.15, -0.1) is 0 Å². The summed E-state index contributed by atoms with van der Waals surface area (Å²) >= 11 is 5.53. The lowest BCUT2D eigenvalue weighted by Crippen LogP contribution is -2.27. The average Bonchev–Trinajstić information content (AvgIpc) is 3.82. The molecule has 6 aromatic rings. The van der Waals surface area contributed by atoms with E-state index >= 15 is 0 Å². The van der Waals surface area contributed by atoms with Crippen molar-refractivity contribution >= 4 is 39.6 Å². The highest BCUT2D eigenvalue weighted by Crippen LogP contribution is 2.36. The Morgan fingerprint density at radius 2 is 1.55 bits per heavy atom. The van der Waals surface area contributed by atoms with Crippen LogP contribution in [0.5, 0.6) is 0 Å². The van der Waals surface area contributed by atoms with E-state index in [0.717, 1.165) is 37.6 Å². The molecule has 7 rings (SSSR count). The fourth-order valence-electron chi connectivity index (χ4n) is 5.17. The first-order valence-corrected chi connectivity index (χ1v) is 14.1. The maximum absolute atomic E-state index is 14.0. The van der Waals surface area contributed by atoms with Gasteiger partial charge in [0.2, 0.25) is 0 Å². The molecule has 0 aliphatic carbocycles. The number of pyridine rings is 2. The number of H-pyrrole nitrogens is 2. The molecular weight excluding hydrogens is 598 g/mol. The number of nitrogens with one attached hydrogen (secondary N) is 2. The van der Waals surface area contributed by atoms with E-state index in [1.54, 1.807) is 24.3 Å². The minimum atomic E-state index is -2.68. The summed E-state index contributed by atoms with van der Waals surface area (Å²) in [6.45, 7) is 1.55. The summed E-state index contributed by atoms with van der Waals surface area (Å²) in [7, 11) is 0. The number of fused-ring (bicyclic) bond motifs is 2. The van der Waals surface area contributed by atoms with Gasteiger partial charge in [-0.1, -0.05) is 54.1 Å². The molecule has 1 aliphatic heterocycles. The number of amides is 1. The van der Waals surface area contributed by atoms with Crippen molar-refractivity contribution in [1.82, 2.24) is 35.3 Å². The Morgan fingerprint density at radius 1 is 0.841 bits per heavy atom. The van der Waals surface area contributed by atoms with Crippen LogP contribution < -0.4 is 0 Å². The Hall–Kier alpha value is -4.84. The van der Waals surface area contributed by atoms with Gasteiger partial charge in [0, 0.05) is 46.3 Å². The van der Waals surface area contributed by atoms with Gasteiger partial charge in [0.25, 0.3) is 18.8 Å². The van der Waals surface area contributed by atoms with Crippen LogP contribution in [0.25, 0.3) is 44.6 Å². The number of benzene rings is 2. The third kappa shape index (κ3) is 5.85. The smallest absolute Gasteiger partial charge is 0.264 e. The summed E-state index contributed by atoms with van der Waals surface area (Å²) < 4.78 is 52.8. The van der Waals surface area contributed by atoms with Crippen LogP contribution in [0.3, 0.4) is 0 Å². The van der Waals surface area contributed by atoms with Gasteiger partial charge >= 0.3 is 0 Å². The fourth-order valence-corrected chi connectivity index (χ4v) is 5.38. The predicted molar refractivity (Wildman–Crippen MR) is 159 cm³/mol. The number of likely N-dealkylation sites (tertiary alicyclic amines) is 1. The lowest BCUT2D eigenvalue weighted by atomic mass is 10.0. The minimum Gasteiger partial charge on any atom is -0.339 e. The quantitative estimate of drug-likeness (QED) is 0.150. The molecule has 4 aromatic heterocycles. The second-order valence-corrected chi connectivity index (χ2v) is 10.5. The first-order chi connectivity index (χ1) is 21.3. The monoisotopic (exact) mass is 621 g/mol. The predicted octanol–water partition coefficient (Wildman–Crippen LogP) is 8.01. The second-order valence-electron chi connectivity index (χ2n) is 10.1. The zero-order chi connectivity index (χ0) is 30.8. The van der Waals surface area contributed by atoms with Crippen molar-refractivity contribution in [3.63, 3.8) is 0 Å². The molecule has 8 nitrogen and oxygen atoms in total. The Labute approximate surface area is 253 Å². The fraction of sp³-hybridized carbons (Fsp3) is 0.194. The molecule has 1 amide bonds. The number of aromatic amines is 2. The standard InChI is InChI=1S/C24H20F2N4O.C7H4ClF2N3/c25-22(26)18-14-19(15-8-10-17(11-9-15)24(31)30-12-4-5-13-30)27-23-20(18)21(28-29-23)16-6-2-1-3-7-16;8-5-1-3(6(9)10)4-2-11-13-7(4)12-5/h1-3,6-11,14,22H,4-5,12-13H2,(H,27,28,29);1-2,6H,(H,11,12,13). The van der Waals surface area contributed by atoms with E-state index in [1.165, 1.54) is 12.3 Å². The van der Waals surface area contributed by atoms with Crippen molar-refractivity contribution in [3.05, 3.63) is 94.8 Å². The van der Waals surface area contributed by atoms with E-state index in [0.29, 0.717) is 33.3 Å². The molecule has 0 unspecified atom stereocenters. The number of carbonyl (C=O) groups excluding carboxylic acids is 1. The number of carbonyl (C=O) groups is 1. The van der Waals surface area contributed by atoms with Crippen LogP contribution in [0.4, 0.5) is 17.6 Å². The largest absolute Gasteiger partial charge is 0.339 e. The number of nitrogens with zero attached hydrogens (tertiary/aromatic N) is 5. The van der Waals surface area contributed by atoms with Crippen LogP contribution >= 0.6 is 11.6 Å². The molecule has 0 spiro atoms.